The number of rotatable bonds is 1. The number of nitriles is 1. The van der Waals surface area contributed by atoms with E-state index in [4.69, 9.17) is 5.26 Å². The molecule has 0 amide bonds. The fourth-order valence-electron chi connectivity index (χ4n) is 1.65. The number of Topliss-reactive ketones (excluding diaryl/α,β-unsaturated/α-hetero) is 1. The summed E-state index contributed by atoms with van der Waals surface area (Å²) in [6.45, 7) is 1.54. The van der Waals surface area contributed by atoms with Crippen LogP contribution in [0.1, 0.15) is 22.8 Å². The average Bonchev–Trinajstić information content (AvgIpc) is 2.27. The number of ketones is 1. The second kappa shape index (κ2) is 3.55. The quantitative estimate of drug-likeness (QED) is 0.656. The van der Waals surface area contributed by atoms with Gasteiger partial charge in [0.25, 0.3) is 0 Å². The van der Waals surface area contributed by atoms with Crippen molar-refractivity contribution in [3.05, 3.63) is 47.5 Å². The Hall–Kier alpha value is -2.14. The molecule has 2 nitrogen and oxygen atoms in total. The Morgan fingerprint density at radius 3 is 2.73 bits per heavy atom. The molecule has 2 rings (SSSR count). The van der Waals surface area contributed by atoms with Crippen molar-refractivity contribution in [3.63, 3.8) is 0 Å². The number of fused-ring (bicyclic) bond motifs is 1. The number of nitrogens with zero attached hydrogens (tertiary/aromatic N) is 1. The number of hydrogen-bond donors (Lipinski definition) is 0. The molecule has 2 heteroatoms. The van der Waals surface area contributed by atoms with E-state index in [1.165, 1.54) is 6.92 Å². The van der Waals surface area contributed by atoms with Crippen LogP contribution in [-0.4, -0.2) is 5.78 Å². The minimum Gasteiger partial charge on any atom is -0.294 e. The first-order chi connectivity index (χ1) is 7.22. The van der Waals surface area contributed by atoms with Crippen molar-refractivity contribution in [1.29, 1.82) is 5.26 Å². The lowest BCUT2D eigenvalue weighted by atomic mass is 10.0. The van der Waals surface area contributed by atoms with Crippen LogP contribution < -0.4 is 0 Å². The first-order valence-electron chi connectivity index (χ1n) is 4.66. The Morgan fingerprint density at radius 2 is 2.07 bits per heavy atom. The van der Waals surface area contributed by atoms with Crippen LogP contribution in [0.5, 0.6) is 0 Å². The smallest absolute Gasteiger partial charge is 0.160 e. The maximum atomic E-state index is 11.4. The van der Waals surface area contributed by atoms with Crippen molar-refractivity contribution < 1.29 is 4.79 Å². The van der Waals surface area contributed by atoms with E-state index in [1.807, 2.05) is 18.2 Å². The van der Waals surface area contributed by atoms with Gasteiger partial charge in [0.05, 0.1) is 11.6 Å². The van der Waals surface area contributed by atoms with Gasteiger partial charge in [0.2, 0.25) is 0 Å². The fraction of sp³-hybridized carbons (Fsp3) is 0.0769. The van der Waals surface area contributed by atoms with Crippen LogP contribution in [0.4, 0.5) is 0 Å². The molecule has 0 saturated heterocycles. The fourth-order valence-corrected chi connectivity index (χ4v) is 1.65. The van der Waals surface area contributed by atoms with E-state index in [0.717, 1.165) is 10.8 Å². The summed E-state index contributed by atoms with van der Waals surface area (Å²) in [4.78, 5) is 11.4. The van der Waals surface area contributed by atoms with Gasteiger partial charge in [-0.2, -0.15) is 5.26 Å². The summed E-state index contributed by atoms with van der Waals surface area (Å²) in [6.07, 6.45) is 0. The van der Waals surface area contributed by atoms with E-state index in [2.05, 4.69) is 6.07 Å². The standard InChI is InChI=1S/C13H9NO/c1-9(15)12-4-2-3-11-6-5-10(8-14)7-13(11)12/h2-7H,1H3. The Labute approximate surface area is 87.8 Å². The predicted molar refractivity (Wildman–Crippen MR) is 58.7 cm³/mol. The molecular formula is C13H9NO. The molecule has 72 valence electrons. The molecule has 0 aromatic heterocycles. The van der Waals surface area contributed by atoms with Gasteiger partial charge >= 0.3 is 0 Å². The highest BCUT2D eigenvalue weighted by molar-refractivity contribution is 6.07. The van der Waals surface area contributed by atoms with Crippen LogP contribution in [-0.2, 0) is 0 Å². The highest BCUT2D eigenvalue weighted by Gasteiger charge is 2.05. The Bertz CT molecular complexity index is 579. The lowest BCUT2D eigenvalue weighted by Gasteiger charge is -2.03. The van der Waals surface area contributed by atoms with Crippen LogP contribution in [0.25, 0.3) is 10.8 Å². The van der Waals surface area contributed by atoms with E-state index in [1.54, 1.807) is 18.2 Å². The van der Waals surface area contributed by atoms with Gasteiger partial charge in [-0.3, -0.25) is 4.79 Å². The molecule has 0 radical (unpaired) electrons. The van der Waals surface area contributed by atoms with Gasteiger partial charge in [0.1, 0.15) is 0 Å². The van der Waals surface area contributed by atoms with E-state index in [0.29, 0.717) is 11.1 Å². The second-order valence-corrected chi connectivity index (χ2v) is 3.41. The van der Waals surface area contributed by atoms with Gasteiger partial charge in [0.15, 0.2) is 5.78 Å². The van der Waals surface area contributed by atoms with Gasteiger partial charge in [0, 0.05) is 5.56 Å². The molecule has 0 N–H and O–H groups in total. The molecule has 2 aromatic rings. The molecule has 0 unspecified atom stereocenters. The van der Waals surface area contributed by atoms with E-state index in [-0.39, 0.29) is 5.78 Å². The van der Waals surface area contributed by atoms with E-state index < -0.39 is 0 Å². The van der Waals surface area contributed by atoms with Crippen LogP contribution in [0.2, 0.25) is 0 Å². The molecule has 0 spiro atoms. The Morgan fingerprint density at radius 1 is 1.27 bits per heavy atom. The zero-order valence-electron chi connectivity index (χ0n) is 8.32. The SMILES string of the molecule is CC(=O)c1cccc2ccc(C#N)cc12. The summed E-state index contributed by atoms with van der Waals surface area (Å²) < 4.78 is 0. The summed E-state index contributed by atoms with van der Waals surface area (Å²) in [5.74, 6) is 0.0238. The summed E-state index contributed by atoms with van der Waals surface area (Å²) >= 11 is 0. The van der Waals surface area contributed by atoms with Crippen LogP contribution in [0.15, 0.2) is 36.4 Å². The number of carbonyl (C=O) groups is 1. The maximum Gasteiger partial charge on any atom is 0.160 e. The lowest BCUT2D eigenvalue weighted by molar-refractivity contribution is 0.101. The molecule has 0 heterocycles. The molecule has 0 aliphatic heterocycles. The molecule has 0 saturated carbocycles. The van der Waals surface area contributed by atoms with Crippen molar-refractivity contribution in [2.75, 3.05) is 0 Å². The minimum atomic E-state index is 0.0238. The third-order valence-corrected chi connectivity index (χ3v) is 2.39. The number of hydrogen-bond acceptors (Lipinski definition) is 2. The summed E-state index contributed by atoms with van der Waals surface area (Å²) in [5, 5.41) is 10.6. The van der Waals surface area contributed by atoms with Gasteiger partial charge in [-0.25, -0.2) is 0 Å². The maximum absolute atomic E-state index is 11.4. The molecule has 0 fully saturated rings. The largest absolute Gasteiger partial charge is 0.294 e. The number of carbonyl (C=O) groups excluding carboxylic acids is 1. The van der Waals surface area contributed by atoms with Gasteiger partial charge in [-0.1, -0.05) is 24.3 Å². The van der Waals surface area contributed by atoms with Crippen molar-refractivity contribution in [3.8, 4) is 6.07 Å². The second-order valence-electron chi connectivity index (χ2n) is 3.41. The monoisotopic (exact) mass is 195 g/mol. The van der Waals surface area contributed by atoms with Crippen molar-refractivity contribution in [2.45, 2.75) is 6.92 Å². The summed E-state index contributed by atoms with van der Waals surface area (Å²) in [5.41, 5.74) is 1.25. The molecule has 2 aromatic carbocycles. The molecule has 15 heavy (non-hydrogen) atoms. The third-order valence-electron chi connectivity index (χ3n) is 2.39. The van der Waals surface area contributed by atoms with Crippen LogP contribution in [0, 0.1) is 11.3 Å². The normalized spacial score (nSPS) is 9.87. The van der Waals surface area contributed by atoms with Gasteiger partial charge < -0.3 is 0 Å². The number of benzene rings is 2. The highest BCUT2D eigenvalue weighted by atomic mass is 16.1. The molecule has 0 atom stereocenters. The van der Waals surface area contributed by atoms with Crippen molar-refractivity contribution in [1.82, 2.24) is 0 Å². The van der Waals surface area contributed by atoms with Crippen molar-refractivity contribution in [2.24, 2.45) is 0 Å². The van der Waals surface area contributed by atoms with Crippen LogP contribution >= 0.6 is 0 Å². The topological polar surface area (TPSA) is 40.9 Å². The zero-order chi connectivity index (χ0) is 10.8. The van der Waals surface area contributed by atoms with Crippen LogP contribution in [0.3, 0.4) is 0 Å². The van der Waals surface area contributed by atoms with Crippen molar-refractivity contribution >= 4 is 16.6 Å². The third kappa shape index (κ3) is 1.60. The van der Waals surface area contributed by atoms with E-state index in [9.17, 15) is 4.79 Å². The molecule has 0 aliphatic rings. The lowest BCUT2D eigenvalue weighted by Crippen LogP contribution is -1.93. The Kier molecular flexibility index (Phi) is 2.23. The first kappa shape index (κ1) is 9.42. The van der Waals surface area contributed by atoms with Gasteiger partial charge in [-0.15, -0.1) is 0 Å². The van der Waals surface area contributed by atoms with E-state index >= 15 is 0 Å². The Balaban J connectivity index is 2.83. The minimum absolute atomic E-state index is 0.0238. The summed E-state index contributed by atoms with van der Waals surface area (Å²) in [6, 6.07) is 13.0. The molecule has 0 bridgehead atoms. The predicted octanol–water partition coefficient (Wildman–Crippen LogP) is 2.91. The average molecular weight is 195 g/mol. The molecule has 0 aliphatic carbocycles. The first-order valence-corrected chi connectivity index (χ1v) is 4.66. The summed E-state index contributed by atoms with van der Waals surface area (Å²) in [7, 11) is 0. The zero-order valence-corrected chi connectivity index (χ0v) is 8.32. The molecular weight excluding hydrogens is 186 g/mol. The van der Waals surface area contributed by atoms with Gasteiger partial charge in [-0.05, 0) is 29.8 Å². The highest BCUT2D eigenvalue weighted by Crippen LogP contribution is 2.20.